The fourth-order valence-corrected chi connectivity index (χ4v) is 4.59. The summed E-state index contributed by atoms with van der Waals surface area (Å²) in [6.07, 6.45) is 3.39. The third kappa shape index (κ3) is 2.91. The highest BCUT2D eigenvalue weighted by Crippen LogP contribution is 2.48. The van der Waals surface area contributed by atoms with E-state index in [2.05, 4.69) is 11.4 Å². The topological polar surface area (TPSA) is 56.1 Å². The minimum atomic E-state index is -0.291. The van der Waals surface area contributed by atoms with E-state index in [1.807, 2.05) is 31.2 Å². The van der Waals surface area contributed by atoms with Gasteiger partial charge in [-0.1, -0.05) is 18.2 Å². The van der Waals surface area contributed by atoms with Gasteiger partial charge in [-0.05, 0) is 55.3 Å². The molecule has 1 aliphatic heterocycles. The Balaban J connectivity index is 1.71. The summed E-state index contributed by atoms with van der Waals surface area (Å²) in [5.74, 6) is 1.15. The molecule has 0 spiro atoms. The van der Waals surface area contributed by atoms with Gasteiger partial charge in [-0.2, -0.15) is 5.10 Å². The first kappa shape index (κ1) is 18.6. The number of allylic oxidation sites excluding steroid dienone is 2. The standard InChI is InChI=1S/C24H22FN3O2/c1-14-21-22(15-6-12-18(30-2)13-7-15)23-19(4-3-5-20(23)29)26-24(21)28(27-14)17-10-8-16(25)9-11-17/h4,6-13,22-23,26H,3,5H2,1-2H3/t22-,23+/m0/s1. The molecule has 2 aliphatic rings. The zero-order chi connectivity index (χ0) is 20.8. The predicted molar refractivity (Wildman–Crippen MR) is 113 cm³/mol. The summed E-state index contributed by atoms with van der Waals surface area (Å²) >= 11 is 0. The normalized spacial score (nSPS) is 20.1. The number of anilines is 1. The molecule has 1 N–H and O–H groups in total. The van der Waals surface area contributed by atoms with Gasteiger partial charge in [-0.25, -0.2) is 9.07 Å². The third-order valence-electron chi connectivity index (χ3n) is 6.00. The average Bonchev–Trinajstić information content (AvgIpc) is 3.09. The molecule has 2 aromatic carbocycles. The number of carbonyl (C=O) groups excluding carboxylic acids is 1. The smallest absolute Gasteiger partial charge is 0.143 e. The summed E-state index contributed by atoms with van der Waals surface area (Å²) in [5.41, 5.74) is 4.58. The van der Waals surface area contributed by atoms with Crippen molar-refractivity contribution in [1.82, 2.24) is 9.78 Å². The van der Waals surface area contributed by atoms with Gasteiger partial charge in [0, 0.05) is 23.6 Å². The van der Waals surface area contributed by atoms with Crippen LogP contribution < -0.4 is 10.1 Å². The Kier molecular flexibility index (Phi) is 4.42. The van der Waals surface area contributed by atoms with E-state index >= 15 is 0 Å². The molecule has 2 heterocycles. The van der Waals surface area contributed by atoms with Crippen molar-refractivity contribution in [3.63, 3.8) is 0 Å². The monoisotopic (exact) mass is 403 g/mol. The Morgan fingerprint density at radius 1 is 1.10 bits per heavy atom. The highest BCUT2D eigenvalue weighted by atomic mass is 19.1. The van der Waals surface area contributed by atoms with Gasteiger partial charge >= 0.3 is 0 Å². The van der Waals surface area contributed by atoms with Crippen LogP contribution in [-0.4, -0.2) is 22.7 Å². The van der Waals surface area contributed by atoms with Crippen LogP contribution in [0.1, 0.15) is 35.6 Å². The summed E-state index contributed by atoms with van der Waals surface area (Å²) < 4.78 is 20.6. The maximum absolute atomic E-state index is 13.5. The molecular weight excluding hydrogens is 381 g/mol. The number of aryl methyl sites for hydroxylation is 1. The molecule has 30 heavy (non-hydrogen) atoms. The van der Waals surface area contributed by atoms with Crippen LogP contribution in [-0.2, 0) is 4.79 Å². The lowest BCUT2D eigenvalue weighted by molar-refractivity contribution is -0.122. The third-order valence-corrected chi connectivity index (χ3v) is 6.00. The summed E-state index contributed by atoms with van der Waals surface area (Å²) in [6, 6.07) is 14.2. The van der Waals surface area contributed by atoms with Crippen LogP contribution in [0.25, 0.3) is 5.69 Å². The number of Topliss-reactive ketones (excluding diaryl/α,β-unsaturated/α-hetero) is 1. The number of carbonyl (C=O) groups is 1. The SMILES string of the molecule is COc1ccc([C@H]2c3c(C)nn(-c4ccc(F)cc4)c3NC3=CCCC(=O)[C@@H]32)cc1. The van der Waals surface area contributed by atoms with E-state index in [1.165, 1.54) is 12.1 Å². The van der Waals surface area contributed by atoms with Gasteiger partial charge in [-0.15, -0.1) is 0 Å². The van der Waals surface area contributed by atoms with E-state index in [0.717, 1.165) is 46.2 Å². The van der Waals surface area contributed by atoms with Crippen molar-refractivity contribution >= 4 is 11.6 Å². The Bertz CT molecular complexity index is 1150. The quantitative estimate of drug-likeness (QED) is 0.686. The van der Waals surface area contributed by atoms with Crippen LogP contribution >= 0.6 is 0 Å². The van der Waals surface area contributed by atoms with Crippen LogP contribution in [0.3, 0.4) is 0 Å². The summed E-state index contributed by atoms with van der Waals surface area (Å²) in [6.45, 7) is 1.96. The van der Waals surface area contributed by atoms with Gasteiger partial charge in [0.25, 0.3) is 0 Å². The highest BCUT2D eigenvalue weighted by molar-refractivity contribution is 5.89. The molecule has 2 atom stereocenters. The molecule has 1 aromatic heterocycles. The van der Waals surface area contributed by atoms with Crippen LogP contribution in [0.5, 0.6) is 5.75 Å². The number of fused-ring (bicyclic) bond motifs is 2. The number of methoxy groups -OCH3 is 1. The number of nitrogens with one attached hydrogen (secondary N) is 1. The molecule has 0 saturated heterocycles. The van der Waals surface area contributed by atoms with Crippen LogP contribution in [0.2, 0.25) is 0 Å². The number of rotatable bonds is 3. The maximum atomic E-state index is 13.5. The molecule has 0 saturated carbocycles. The lowest BCUT2D eigenvalue weighted by Crippen LogP contribution is -2.35. The van der Waals surface area contributed by atoms with Crippen molar-refractivity contribution in [1.29, 1.82) is 0 Å². The van der Waals surface area contributed by atoms with Crippen LogP contribution in [0.4, 0.5) is 10.2 Å². The number of ketones is 1. The number of ether oxygens (including phenoxy) is 1. The lowest BCUT2D eigenvalue weighted by atomic mass is 9.72. The lowest BCUT2D eigenvalue weighted by Gasteiger charge is -2.36. The summed E-state index contributed by atoms with van der Waals surface area (Å²) in [5, 5.41) is 8.23. The molecule has 0 bridgehead atoms. The largest absolute Gasteiger partial charge is 0.497 e. The fraction of sp³-hybridized carbons (Fsp3) is 0.250. The molecular formula is C24H22FN3O2. The molecule has 0 amide bonds. The minimum absolute atomic E-state index is 0.139. The first-order valence-electron chi connectivity index (χ1n) is 10.1. The number of hydrogen-bond acceptors (Lipinski definition) is 4. The molecule has 5 rings (SSSR count). The van der Waals surface area contributed by atoms with Crippen molar-refractivity contribution in [2.75, 3.05) is 12.4 Å². The zero-order valence-corrected chi connectivity index (χ0v) is 16.9. The molecule has 152 valence electrons. The van der Waals surface area contributed by atoms with Crippen LogP contribution in [0, 0.1) is 18.7 Å². The van der Waals surface area contributed by atoms with Gasteiger partial charge in [0.1, 0.15) is 23.2 Å². The van der Waals surface area contributed by atoms with Crippen molar-refractivity contribution in [2.45, 2.75) is 25.7 Å². The Hall–Kier alpha value is -3.41. The fourth-order valence-electron chi connectivity index (χ4n) is 4.59. The average molecular weight is 403 g/mol. The second kappa shape index (κ2) is 7.13. The molecule has 0 fully saturated rings. The van der Waals surface area contributed by atoms with Gasteiger partial charge in [-0.3, -0.25) is 4.79 Å². The van der Waals surface area contributed by atoms with E-state index in [-0.39, 0.29) is 23.4 Å². The number of aromatic nitrogens is 2. The second-order valence-electron chi connectivity index (χ2n) is 7.75. The first-order chi connectivity index (χ1) is 14.6. The van der Waals surface area contributed by atoms with Crippen molar-refractivity contribution < 1.29 is 13.9 Å². The molecule has 0 radical (unpaired) electrons. The number of halogens is 1. The number of nitrogens with zero attached hydrogens (tertiary/aromatic N) is 2. The van der Waals surface area contributed by atoms with E-state index in [4.69, 9.17) is 9.84 Å². The zero-order valence-electron chi connectivity index (χ0n) is 16.9. The first-order valence-corrected chi connectivity index (χ1v) is 10.1. The van der Waals surface area contributed by atoms with Crippen molar-refractivity contribution in [3.8, 4) is 11.4 Å². The predicted octanol–water partition coefficient (Wildman–Crippen LogP) is 4.75. The Morgan fingerprint density at radius 3 is 2.53 bits per heavy atom. The summed E-state index contributed by atoms with van der Waals surface area (Å²) in [7, 11) is 1.64. The molecule has 3 aromatic rings. The second-order valence-corrected chi connectivity index (χ2v) is 7.75. The van der Waals surface area contributed by atoms with E-state index in [0.29, 0.717) is 6.42 Å². The van der Waals surface area contributed by atoms with Gasteiger partial charge in [0.2, 0.25) is 0 Å². The molecule has 0 unspecified atom stereocenters. The van der Waals surface area contributed by atoms with Crippen LogP contribution in [0.15, 0.2) is 60.3 Å². The van der Waals surface area contributed by atoms with Crippen molar-refractivity contribution in [2.24, 2.45) is 5.92 Å². The van der Waals surface area contributed by atoms with E-state index < -0.39 is 0 Å². The van der Waals surface area contributed by atoms with Crippen molar-refractivity contribution in [3.05, 3.63) is 82.9 Å². The van der Waals surface area contributed by atoms with E-state index in [9.17, 15) is 9.18 Å². The molecule has 1 aliphatic carbocycles. The number of hydrogen-bond donors (Lipinski definition) is 1. The van der Waals surface area contributed by atoms with Gasteiger partial charge < -0.3 is 10.1 Å². The van der Waals surface area contributed by atoms with E-state index in [1.54, 1.807) is 23.9 Å². The van der Waals surface area contributed by atoms with Gasteiger partial charge in [0.15, 0.2) is 0 Å². The summed E-state index contributed by atoms with van der Waals surface area (Å²) in [4.78, 5) is 13.0. The minimum Gasteiger partial charge on any atom is -0.497 e. The number of benzene rings is 2. The highest BCUT2D eigenvalue weighted by Gasteiger charge is 2.43. The van der Waals surface area contributed by atoms with Gasteiger partial charge in [0.05, 0.1) is 24.4 Å². The molecule has 6 heteroatoms. The Labute approximate surface area is 174 Å². The maximum Gasteiger partial charge on any atom is 0.143 e. The Morgan fingerprint density at radius 2 is 1.83 bits per heavy atom. The molecule has 5 nitrogen and oxygen atoms in total.